The second-order valence-electron chi connectivity index (χ2n) is 4.10. The molecule has 1 aromatic rings. The molecular formula is C11H14ClNO. The van der Waals surface area contributed by atoms with Crippen LogP contribution in [0.15, 0.2) is 24.3 Å². The number of hydrogen-bond acceptors (Lipinski definition) is 2. The number of nitrogens with two attached hydrogens (primary N) is 1. The molecule has 0 unspecified atom stereocenters. The average Bonchev–Trinajstić information content (AvgIpc) is 2.02. The SMILES string of the molecule is CC(C)(N)CC(=O)c1ccc(Cl)cc1. The fourth-order valence-corrected chi connectivity index (χ4v) is 1.28. The molecule has 0 amide bonds. The third-order valence-corrected chi connectivity index (χ3v) is 2.03. The van der Waals surface area contributed by atoms with Gasteiger partial charge >= 0.3 is 0 Å². The summed E-state index contributed by atoms with van der Waals surface area (Å²) in [5, 5.41) is 0.633. The molecule has 0 spiro atoms. The summed E-state index contributed by atoms with van der Waals surface area (Å²) < 4.78 is 0. The van der Waals surface area contributed by atoms with Crippen LogP contribution in [-0.2, 0) is 0 Å². The van der Waals surface area contributed by atoms with Crippen LogP contribution in [0.5, 0.6) is 0 Å². The smallest absolute Gasteiger partial charge is 0.164 e. The standard InChI is InChI=1S/C11H14ClNO/c1-11(2,13)7-10(14)8-3-5-9(12)6-4-8/h3-6H,7,13H2,1-2H3. The molecule has 0 aliphatic rings. The summed E-state index contributed by atoms with van der Waals surface area (Å²) in [5.41, 5.74) is 5.96. The van der Waals surface area contributed by atoms with E-state index in [0.29, 0.717) is 17.0 Å². The van der Waals surface area contributed by atoms with Gasteiger partial charge < -0.3 is 5.73 Å². The zero-order valence-electron chi connectivity index (χ0n) is 8.38. The van der Waals surface area contributed by atoms with Crippen LogP contribution in [0.25, 0.3) is 0 Å². The summed E-state index contributed by atoms with van der Waals surface area (Å²) in [6.07, 6.45) is 0.342. The molecule has 0 atom stereocenters. The van der Waals surface area contributed by atoms with Gasteiger partial charge in [0.2, 0.25) is 0 Å². The molecule has 0 aromatic heterocycles. The number of Topliss-reactive ketones (excluding diaryl/α,β-unsaturated/α-hetero) is 1. The van der Waals surface area contributed by atoms with E-state index >= 15 is 0 Å². The lowest BCUT2D eigenvalue weighted by atomic mass is 9.95. The molecule has 14 heavy (non-hydrogen) atoms. The molecule has 1 rings (SSSR count). The van der Waals surface area contributed by atoms with Gasteiger partial charge in [-0.15, -0.1) is 0 Å². The third kappa shape index (κ3) is 3.48. The van der Waals surface area contributed by atoms with Gasteiger partial charge in [0.25, 0.3) is 0 Å². The summed E-state index contributed by atoms with van der Waals surface area (Å²) in [6.45, 7) is 3.67. The van der Waals surface area contributed by atoms with Crippen LogP contribution in [0.2, 0.25) is 5.02 Å². The molecule has 2 nitrogen and oxygen atoms in total. The fraction of sp³-hybridized carbons (Fsp3) is 0.364. The quantitative estimate of drug-likeness (QED) is 0.782. The third-order valence-electron chi connectivity index (χ3n) is 1.78. The Morgan fingerprint density at radius 1 is 1.36 bits per heavy atom. The first-order valence-corrected chi connectivity index (χ1v) is 4.84. The Labute approximate surface area is 89.1 Å². The van der Waals surface area contributed by atoms with Gasteiger partial charge in [-0.3, -0.25) is 4.79 Å². The normalized spacial score (nSPS) is 11.4. The first-order valence-electron chi connectivity index (χ1n) is 4.46. The van der Waals surface area contributed by atoms with Crippen molar-refractivity contribution in [1.82, 2.24) is 0 Å². The number of ketones is 1. The second-order valence-corrected chi connectivity index (χ2v) is 4.53. The highest BCUT2D eigenvalue weighted by Crippen LogP contribution is 2.14. The summed E-state index contributed by atoms with van der Waals surface area (Å²) in [6, 6.07) is 6.85. The minimum Gasteiger partial charge on any atom is -0.325 e. The van der Waals surface area contributed by atoms with E-state index in [1.807, 2.05) is 13.8 Å². The lowest BCUT2D eigenvalue weighted by Crippen LogP contribution is -2.34. The van der Waals surface area contributed by atoms with Crippen LogP contribution in [-0.4, -0.2) is 11.3 Å². The van der Waals surface area contributed by atoms with Crippen LogP contribution >= 0.6 is 11.6 Å². The first-order chi connectivity index (χ1) is 6.38. The van der Waals surface area contributed by atoms with Crippen LogP contribution in [0.1, 0.15) is 30.6 Å². The Morgan fingerprint density at radius 3 is 2.29 bits per heavy atom. The van der Waals surface area contributed by atoms with Crippen molar-refractivity contribution in [3.8, 4) is 0 Å². The van der Waals surface area contributed by atoms with Gasteiger partial charge in [-0.2, -0.15) is 0 Å². The van der Waals surface area contributed by atoms with Gasteiger partial charge in [-0.25, -0.2) is 0 Å². The van der Waals surface area contributed by atoms with E-state index in [-0.39, 0.29) is 5.78 Å². The first kappa shape index (κ1) is 11.2. The highest BCUT2D eigenvalue weighted by Gasteiger charge is 2.17. The topological polar surface area (TPSA) is 43.1 Å². The zero-order chi connectivity index (χ0) is 10.8. The molecule has 0 heterocycles. The number of benzene rings is 1. The van der Waals surface area contributed by atoms with E-state index < -0.39 is 5.54 Å². The summed E-state index contributed by atoms with van der Waals surface area (Å²) in [7, 11) is 0. The van der Waals surface area contributed by atoms with E-state index in [4.69, 9.17) is 17.3 Å². The number of rotatable bonds is 3. The lowest BCUT2D eigenvalue weighted by molar-refractivity contribution is 0.0960. The van der Waals surface area contributed by atoms with E-state index in [1.165, 1.54) is 0 Å². The highest BCUT2D eigenvalue weighted by atomic mass is 35.5. The Hall–Kier alpha value is -0.860. The van der Waals surface area contributed by atoms with Gasteiger partial charge in [0.15, 0.2) is 5.78 Å². The molecule has 0 fully saturated rings. The maximum Gasteiger partial charge on any atom is 0.164 e. The van der Waals surface area contributed by atoms with Gasteiger partial charge in [0.05, 0.1) is 0 Å². The average molecular weight is 212 g/mol. The highest BCUT2D eigenvalue weighted by molar-refractivity contribution is 6.30. The molecule has 0 bridgehead atoms. The zero-order valence-corrected chi connectivity index (χ0v) is 9.14. The summed E-state index contributed by atoms with van der Waals surface area (Å²) in [5.74, 6) is 0.0502. The predicted octanol–water partition coefficient (Wildman–Crippen LogP) is 2.65. The maximum atomic E-state index is 11.6. The van der Waals surface area contributed by atoms with Crippen molar-refractivity contribution in [3.05, 3.63) is 34.9 Å². The summed E-state index contributed by atoms with van der Waals surface area (Å²) in [4.78, 5) is 11.6. The van der Waals surface area contributed by atoms with E-state index in [0.717, 1.165) is 0 Å². The molecule has 2 N–H and O–H groups in total. The largest absolute Gasteiger partial charge is 0.325 e. The minimum absolute atomic E-state index is 0.0502. The van der Waals surface area contributed by atoms with Gasteiger partial charge in [-0.05, 0) is 38.1 Å². The van der Waals surface area contributed by atoms with Crippen LogP contribution in [0, 0.1) is 0 Å². The van der Waals surface area contributed by atoms with Crippen molar-refractivity contribution >= 4 is 17.4 Å². The fourth-order valence-electron chi connectivity index (χ4n) is 1.15. The Kier molecular flexibility index (Phi) is 3.29. The molecule has 3 heteroatoms. The molecule has 0 radical (unpaired) electrons. The van der Waals surface area contributed by atoms with Crippen molar-refractivity contribution in [3.63, 3.8) is 0 Å². The van der Waals surface area contributed by atoms with Crippen LogP contribution < -0.4 is 5.73 Å². The summed E-state index contributed by atoms with van der Waals surface area (Å²) >= 11 is 5.71. The van der Waals surface area contributed by atoms with Gasteiger partial charge in [-0.1, -0.05) is 11.6 Å². The molecule has 0 saturated heterocycles. The van der Waals surface area contributed by atoms with Crippen molar-refractivity contribution in [2.24, 2.45) is 5.73 Å². The molecule has 0 aliphatic heterocycles. The molecule has 76 valence electrons. The number of carbonyl (C=O) groups excluding carboxylic acids is 1. The van der Waals surface area contributed by atoms with Gasteiger partial charge in [0, 0.05) is 22.5 Å². The lowest BCUT2D eigenvalue weighted by Gasteiger charge is -2.16. The molecule has 1 aromatic carbocycles. The van der Waals surface area contributed by atoms with Gasteiger partial charge in [0.1, 0.15) is 0 Å². The second kappa shape index (κ2) is 4.11. The Morgan fingerprint density at radius 2 is 1.86 bits per heavy atom. The predicted molar refractivity (Wildman–Crippen MR) is 58.7 cm³/mol. The van der Waals surface area contributed by atoms with Crippen molar-refractivity contribution in [2.45, 2.75) is 25.8 Å². The molecule has 0 saturated carbocycles. The Balaban J connectivity index is 2.76. The van der Waals surface area contributed by atoms with E-state index in [1.54, 1.807) is 24.3 Å². The maximum absolute atomic E-state index is 11.6. The van der Waals surface area contributed by atoms with Crippen LogP contribution in [0.3, 0.4) is 0 Å². The molecule has 0 aliphatic carbocycles. The number of halogens is 1. The minimum atomic E-state index is -0.462. The monoisotopic (exact) mass is 211 g/mol. The van der Waals surface area contributed by atoms with E-state index in [9.17, 15) is 4.79 Å². The van der Waals surface area contributed by atoms with E-state index in [2.05, 4.69) is 0 Å². The number of hydrogen-bond donors (Lipinski definition) is 1. The van der Waals surface area contributed by atoms with Crippen molar-refractivity contribution in [2.75, 3.05) is 0 Å². The van der Waals surface area contributed by atoms with Crippen molar-refractivity contribution < 1.29 is 4.79 Å². The Bertz CT molecular complexity index is 324. The molecular weight excluding hydrogens is 198 g/mol. The van der Waals surface area contributed by atoms with Crippen LogP contribution in [0.4, 0.5) is 0 Å². The number of carbonyl (C=O) groups is 1. The van der Waals surface area contributed by atoms with Crippen molar-refractivity contribution in [1.29, 1.82) is 0 Å².